The molecule has 2 bridgehead atoms. The molecule has 2 aromatic carbocycles. The molecule has 4 atom stereocenters. The molecular formula is C31H29BrN2O8. The van der Waals surface area contributed by atoms with E-state index >= 15 is 0 Å². The fourth-order valence-electron chi connectivity index (χ4n) is 7.83. The molecule has 42 heavy (non-hydrogen) atoms. The Bertz CT molecular complexity index is 1520. The summed E-state index contributed by atoms with van der Waals surface area (Å²) in [6.07, 6.45) is 0. The first-order valence-corrected chi connectivity index (χ1v) is 14.4. The summed E-state index contributed by atoms with van der Waals surface area (Å²) < 4.78 is 14.9. The molecule has 2 heterocycles. The second-order valence-corrected chi connectivity index (χ2v) is 12.4. The molecule has 11 heteroatoms. The van der Waals surface area contributed by atoms with Crippen molar-refractivity contribution in [2.75, 3.05) is 30.6 Å². The van der Waals surface area contributed by atoms with E-state index < -0.39 is 63.0 Å². The van der Waals surface area contributed by atoms with Gasteiger partial charge in [-0.3, -0.25) is 19.2 Å². The molecule has 2 aromatic rings. The Kier molecular flexibility index (Phi) is 6.38. The van der Waals surface area contributed by atoms with Gasteiger partial charge >= 0.3 is 5.97 Å². The Labute approximate surface area is 250 Å². The van der Waals surface area contributed by atoms with Gasteiger partial charge in [-0.05, 0) is 43.7 Å². The maximum absolute atomic E-state index is 14.4. The average Bonchev–Trinajstić information content (AvgIpc) is 3.41. The van der Waals surface area contributed by atoms with E-state index in [1.165, 1.54) is 14.2 Å². The number of para-hydroxylation sites is 4. The zero-order chi connectivity index (χ0) is 30.3. The second-order valence-electron chi connectivity index (χ2n) is 11.0. The van der Waals surface area contributed by atoms with Crippen molar-refractivity contribution in [3.8, 4) is 11.5 Å². The van der Waals surface area contributed by atoms with E-state index in [4.69, 9.17) is 14.2 Å². The van der Waals surface area contributed by atoms with Crippen LogP contribution in [0.25, 0.3) is 0 Å². The van der Waals surface area contributed by atoms with Gasteiger partial charge in [-0.1, -0.05) is 47.1 Å². The van der Waals surface area contributed by atoms with Crippen LogP contribution in [0.3, 0.4) is 0 Å². The van der Waals surface area contributed by atoms with Crippen molar-refractivity contribution >= 4 is 56.9 Å². The highest BCUT2D eigenvalue weighted by Crippen LogP contribution is 2.73. The Hall–Kier alpha value is -3.99. The van der Waals surface area contributed by atoms with Gasteiger partial charge in [-0.15, -0.1) is 0 Å². The maximum Gasteiger partial charge on any atom is 0.334 e. The molecule has 0 radical (unpaired) electrons. The maximum atomic E-state index is 14.4. The lowest BCUT2D eigenvalue weighted by atomic mass is 9.43. The summed E-state index contributed by atoms with van der Waals surface area (Å²) in [5.41, 5.74) is -0.518. The van der Waals surface area contributed by atoms with Gasteiger partial charge in [-0.2, -0.15) is 0 Å². The zero-order valence-corrected chi connectivity index (χ0v) is 25.3. The minimum Gasteiger partial charge on any atom is -0.495 e. The Balaban J connectivity index is 1.60. The van der Waals surface area contributed by atoms with Crippen LogP contribution < -0.4 is 19.3 Å². The molecule has 2 saturated heterocycles. The van der Waals surface area contributed by atoms with Gasteiger partial charge in [0, 0.05) is 11.0 Å². The molecule has 10 nitrogen and oxygen atoms in total. The van der Waals surface area contributed by atoms with Crippen LogP contribution in [-0.2, 0) is 28.7 Å². The fourth-order valence-corrected chi connectivity index (χ4v) is 8.95. The zero-order valence-electron chi connectivity index (χ0n) is 23.7. The van der Waals surface area contributed by atoms with E-state index in [-0.39, 0.29) is 23.6 Å². The number of hydrogen-bond acceptors (Lipinski definition) is 8. The molecule has 7 rings (SSSR count). The monoisotopic (exact) mass is 636 g/mol. The van der Waals surface area contributed by atoms with Crippen molar-refractivity contribution in [1.29, 1.82) is 0 Å². The standard InChI is InChI=1S/C31H29BrN2O8/c1-6-42-29(39)20-15(2)31(32)23-21(25(35)33(27(23)37)16-11-7-9-13-18(16)40-4)30(20,3)22-24(31)28(38)34(26(22)36)17-12-8-10-14-19(17)41-5/h7-14,21-24H,6H2,1-5H3/t21-,22-,23-,24-,30?,31?/m1/s1. The van der Waals surface area contributed by atoms with E-state index in [9.17, 15) is 24.0 Å². The first-order valence-electron chi connectivity index (χ1n) is 13.6. The SMILES string of the molecule is CCOC(=O)C1=C(C)C2(Br)[C@H]3C(=O)N(c4ccccc4OC)C(=O)[C@@H]3C1(C)[C@H]1C(=O)N(c3ccccc3OC)C(=O)[C@@H]12. The van der Waals surface area contributed by atoms with Crippen LogP contribution in [0.1, 0.15) is 20.8 Å². The lowest BCUT2D eigenvalue weighted by Gasteiger charge is -2.59. The number of esters is 1. The highest BCUT2D eigenvalue weighted by Gasteiger charge is 2.81. The summed E-state index contributed by atoms with van der Waals surface area (Å²) in [5.74, 6) is -6.79. The Morgan fingerprint density at radius 1 is 0.786 bits per heavy atom. The smallest absolute Gasteiger partial charge is 0.334 e. The number of anilines is 2. The lowest BCUT2D eigenvalue weighted by Crippen LogP contribution is -2.67. The van der Waals surface area contributed by atoms with Gasteiger partial charge in [0.15, 0.2) is 0 Å². The first kappa shape index (κ1) is 28.1. The highest BCUT2D eigenvalue weighted by molar-refractivity contribution is 9.10. The number of benzene rings is 2. The number of imide groups is 2. The number of alkyl halides is 1. The number of methoxy groups -OCH3 is 2. The van der Waals surface area contributed by atoms with Crippen molar-refractivity contribution in [1.82, 2.24) is 0 Å². The number of rotatable bonds is 6. The summed E-state index contributed by atoms with van der Waals surface area (Å²) in [6.45, 7) is 5.02. The van der Waals surface area contributed by atoms with Crippen LogP contribution >= 0.6 is 15.9 Å². The molecule has 1 saturated carbocycles. The molecule has 0 aromatic heterocycles. The van der Waals surface area contributed by atoms with Gasteiger partial charge in [0.05, 0.1) is 60.2 Å². The van der Waals surface area contributed by atoms with Crippen molar-refractivity contribution in [2.45, 2.75) is 25.1 Å². The van der Waals surface area contributed by atoms with Crippen LogP contribution in [0.5, 0.6) is 11.5 Å². The third-order valence-corrected chi connectivity index (χ3v) is 11.0. The van der Waals surface area contributed by atoms with Gasteiger partial charge in [0.1, 0.15) is 11.5 Å². The predicted molar refractivity (Wildman–Crippen MR) is 154 cm³/mol. The molecule has 3 aliphatic carbocycles. The Morgan fingerprint density at radius 2 is 1.19 bits per heavy atom. The third kappa shape index (κ3) is 3.22. The second kappa shape index (κ2) is 9.52. The average molecular weight is 637 g/mol. The van der Waals surface area contributed by atoms with Gasteiger partial charge < -0.3 is 14.2 Å². The van der Waals surface area contributed by atoms with Gasteiger partial charge in [0.25, 0.3) is 0 Å². The van der Waals surface area contributed by atoms with Gasteiger partial charge in [-0.25, -0.2) is 14.6 Å². The molecule has 4 amide bonds. The van der Waals surface area contributed by atoms with Crippen molar-refractivity contribution in [3.05, 3.63) is 59.7 Å². The summed E-state index contributed by atoms with van der Waals surface area (Å²) in [5, 5.41) is 0. The molecule has 0 unspecified atom stereocenters. The van der Waals surface area contributed by atoms with Crippen LogP contribution in [0, 0.1) is 29.1 Å². The number of carbonyl (C=O) groups is 5. The van der Waals surface area contributed by atoms with Gasteiger partial charge in [0.2, 0.25) is 23.6 Å². The summed E-state index contributed by atoms with van der Waals surface area (Å²) in [7, 11) is 2.87. The van der Waals surface area contributed by atoms with E-state index in [1.54, 1.807) is 69.3 Å². The fraction of sp³-hybridized carbons (Fsp3) is 0.387. The number of carbonyl (C=O) groups excluding carboxylic acids is 5. The van der Waals surface area contributed by atoms with Crippen molar-refractivity contribution < 1.29 is 38.2 Å². The van der Waals surface area contributed by atoms with Crippen LogP contribution in [0.15, 0.2) is 59.7 Å². The summed E-state index contributed by atoms with van der Waals surface area (Å²) >= 11 is 3.78. The number of allylic oxidation sites excluding steroid dienone is 1. The van der Waals surface area contributed by atoms with E-state index in [2.05, 4.69) is 15.9 Å². The lowest BCUT2D eigenvalue weighted by molar-refractivity contribution is -0.152. The number of ether oxygens (including phenoxy) is 3. The number of hydrogen-bond donors (Lipinski definition) is 0. The van der Waals surface area contributed by atoms with Crippen LogP contribution in [0.2, 0.25) is 0 Å². The Morgan fingerprint density at radius 3 is 1.60 bits per heavy atom. The molecule has 0 spiro atoms. The minimum absolute atomic E-state index is 0.0591. The summed E-state index contributed by atoms with van der Waals surface area (Å²) in [4.78, 5) is 73.4. The third-order valence-electron chi connectivity index (χ3n) is 9.43. The number of nitrogens with zero attached hydrogens (tertiary/aromatic N) is 2. The quantitative estimate of drug-likeness (QED) is 0.268. The first-order chi connectivity index (χ1) is 20.0. The molecular weight excluding hydrogens is 608 g/mol. The molecule has 2 aliphatic heterocycles. The van der Waals surface area contributed by atoms with E-state index in [0.717, 1.165) is 9.80 Å². The summed E-state index contributed by atoms with van der Waals surface area (Å²) in [6, 6.07) is 13.3. The van der Waals surface area contributed by atoms with Crippen LogP contribution in [0.4, 0.5) is 11.4 Å². The highest BCUT2D eigenvalue weighted by atomic mass is 79.9. The normalized spacial score (nSPS) is 31.5. The molecule has 218 valence electrons. The molecule has 3 fully saturated rings. The predicted octanol–water partition coefficient (Wildman–Crippen LogP) is 3.66. The molecule has 0 N–H and O–H groups in total. The number of amides is 4. The van der Waals surface area contributed by atoms with Crippen LogP contribution in [-0.4, -0.2) is 54.7 Å². The topological polar surface area (TPSA) is 120 Å². The molecule has 5 aliphatic rings. The largest absolute Gasteiger partial charge is 0.495 e. The van der Waals surface area contributed by atoms with E-state index in [0.29, 0.717) is 17.1 Å². The van der Waals surface area contributed by atoms with Crippen molar-refractivity contribution in [3.63, 3.8) is 0 Å². The number of halogens is 1. The minimum atomic E-state index is -1.55. The van der Waals surface area contributed by atoms with E-state index in [1.807, 2.05) is 0 Å². The van der Waals surface area contributed by atoms with Crippen molar-refractivity contribution in [2.24, 2.45) is 29.1 Å².